The summed E-state index contributed by atoms with van der Waals surface area (Å²) in [7, 11) is 0. The highest BCUT2D eigenvalue weighted by Gasteiger charge is 2.14. The molecule has 0 aliphatic carbocycles. The zero-order chi connectivity index (χ0) is 20.9. The van der Waals surface area contributed by atoms with E-state index in [9.17, 15) is 9.59 Å². The standard InChI is InChI=1S/C23H17N5O2/c24-13-17-6-8-18(9-7-17)21(29)14-27-11-12-28(16-27)15-22(30)26-20-5-1-3-19-4-2-10-25-23(19)20/h1-12,16H,14-15H2/p+1. The summed E-state index contributed by atoms with van der Waals surface area (Å²) in [6.07, 6.45) is 6.89. The van der Waals surface area contributed by atoms with Crippen molar-refractivity contribution in [3.63, 3.8) is 0 Å². The minimum Gasteiger partial charge on any atom is -0.321 e. The van der Waals surface area contributed by atoms with Crippen molar-refractivity contribution in [3.05, 3.63) is 90.6 Å². The largest absolute Gasteiger partial charge is 0.321 e. The topological polar surface area (TPSA) is 91.7 Å². The number of nitrogens with one attached hydrogen (secondary N) is 1. The van der Waals surface area contributed by atoms with Gasteiger partial charge in [-0.1, -0.05) is 18.2 Å². The average Bonchev–Trinajstić information content (AvgIpc) is 3.20. The molecule has 0 saturated carbocycles. The number of carbonyl (C=O) groups is 2. The molecule has 0 fully saturated rings. The zero-order valence-electron chi connectivity index (χ0n) is 16.0. The summed E-state index contributed by atoms with van der Waals surface area (Å²) >= 11 is 0. The fraction of sp³-hybridized carbons (Fsp3) is 0.0870. The number of imidazole rings is 1. The number of nitrogens with zero attached hydrogens (tertiary/aromatic N) is 4. The van der Waals surface area contributed by atoms with Crippen LogP contribution in [0.2, 0.25) is 0 Å². The number of anilines is 1. The first-order chi connectivity index (χ1) is 14.6. The van der Waals surface area contributed by atoms with Gasteiger partial charge in [0.1, 0.15) is 12.4 Å². The van der Waals surface area contributed by atoms with E-state index < -0.39 is 0 Å². The number of rotatable bonds is 6. The molecule has 0 spiro atoms. The molecule has 146 valence electrons. The molecule has 2 heterocycles. The van der Waals surface area contributed by atoms with Crippen molar-refractivity contribution in [1.29, 1.82) is 5.26 Å². The zero-order valence-corrected chi connectivity index (χ0v) is 16.0. The molecule has 2 aromatic heterocycles. The Balaban J connectivity index is 1.39. The molecule has 0 radical (unpaired) electrons. The Morgan fingerprint density at radius 3 is 2.70 bits per heavy atom. The van der Waals surface area contributed by atoms with Gasteiger partial charge in [0.15, 0.2) is 13.1 Å². The molecule has 1 N–H and O–H groups in total. The minimum absolute atomic E-state index is 0.0754. The highest BCUT2D eigenvalue weighted by molar-refractivity contribution is 6.00. The number of ketones is 1. The molecule has 0 bridgehead atoms. The van der Waals surface area contributed by atoms with Crippen molar-refractivity contribution in [2.24, 2.45) is 0 Å². The molecule has 7 nitrogen and oxygen atoms in total. The van der Waals surface area contributed by atoms with Crippen molar-refractivity contribution in [2.45, 2.75) is 13.1 Å². The van der Waals surface area contributed by atoms with Crippen LogP contribution in [0.3, 0.4) is 0 Å². The monoisotopic (exact) mass is 396 g/mol. The quantitative estimate of drug-likeness (QED) is 0.401. The third-order valence-corrected chi connectivity index (χ3v) is 4.64. The van der Waals surface area contributed by atoms with Gasteiger partial charge < -0.3 is 5.32 Å². The van der Waals surface area contributed by atoms with Crippen molar-refractivity contribution in [2.75, 3.05) is 5.32 Å². The Morgan fingerprint density at radius 1 is 1.10 bits per heavy atom. The summed E-state index contributed by atoms with van der Waals surface area (Å²) < 4.78 is 3.42. The molecular formula is C23H18N5O2+. The van der Waals surface area contributed by atoms with Gasteiger partial charge in [-0.05, 0) is 36.4 Å². The predicted octanol–water partition coefficient (Wildman–Crippen LogP) is 2.72. The van der Waals surface area contributed by atoms with Crippen LogP contribution in [-0.2, 0) is 17.9 Å². The van der Waals surface area contributed by atoms with Gasteiger partial charge in [-0.15, -0.1) is 0 Å². The lowest BCUT2D eigenvalue weighted by molar-refractivity contribution is -0.682. The molecule has 7 heteroatoms. The van der Waals surface area contributed by atoms with Crippen molar-refractivity contribution in [3.8, 4) is 6.07 Å². The first-order valence-electron chi connectivity index (χ1n) is 9.34. The number of hydrogen-bond acceptors (Lipinski definition) is 4. The van der Waals surface area contributed by atoms with E-state index in [4.69, 9.17) is 5.26 Å². The van der Waals surface area contributed by atoms with Gasteiger partial charge in [-0.25, -0.2) is 9.13 Å². The van der Waals surface area contributed by atoms with Crippen molar-refractivity contribution < 1.29 is 14.2 Å². The number of aromatic nitrogens is 3. The highest BCUT2D eigenvalue weighted by Crippen LogP contribution is 2.20. The van der Waals surface area contributed by atoms with E-state index in [0.29, 0.717) is 16.8 Å². The second-order valence-electron chi connectivity index (χ2n) is 6.80. The number of para-hydroxylation sites is 1. The van der Waals surface area contributed by atoms with Gasteiger partial charge in [-0.2, -0.15) is 5.26 Å². The van der Waals surface area contributed by atoms with E-state index in [0.717, 1.165) is 10.9 Å². The molecule has 2 aromatic carbocycles. The number of fused-ring (bicyclic) bond motifs is 1. The number of pyridine rings is 1. The molecular weight excluding hydrogens is 378 g/mol. The number of benzene rings is 2. The maximum absolute atomic E-state index is 12.5. The van der Waals surface area contributed by atoms with Crippen LogP contribution in [0.5, 0.6) is 0 Å². The van der Waals surface area contributed by atoms with Crippen LogP contribution in [0.25, 0.3) is 10.9 Å². The van der Waals surface area contributed by atoms with Gasteiger partial charge in [0.25, 0.3) is 5.91 Å². The summed E-state index contributed by atoms with van der Waals surface area (Å²) in [6, 6.07) is 18.0. The van der Waals surface area contributed by atoms with Gasteiger partial charge in [0.2, 0.25) is 12.1 Å². The van der Waals surface area contributed by atoms with Crippen molar-refractivity contribution >= 4 is 28.3 Å². The van der Waals surface area contributed by atoms with Crippen LogP contribution in [0.15, 0.2) is 79.5 Å². The van der Waals surface area contributed by atoms with E-state index in [1.54, 1.807) is 58.3 Å². The molecule has 30 heavy (non-hydrogen) atoms. The van der Waals surface area contributed by atoms with Crippen LogP contribution in [0.1, 0.15) is 15.9 Å². The predicted molar refractivity (Wildman–Crippen MR) is 110 cm³/mol. The maximum atomic E-state index is 12.5. The van der Waals surface area contributed by atoms with Crippen LogP contribution < -0.4 is 9.88 Å². The van der Waals surface area contributed by atoms with E-state index in [2.05, 4.69) is 10.3 Å². The first kappa shape index (κ1) is 19.0. The highest BCUT2D eigenvalue weighted by atomic mass is 16.2. The Hall–Kier alpha value is -4.31. The molecule has 1 amide bonds. The lowest BCUT2D eigenvalue weighted by Crippen LogP contribution is -2.36. The fourth-order valence-corrected chi connectivity index (χ4v) is 3.17. The Labute approximate surface area is 172 Å². The van der Waals surface area contributed by atoms with Crippen LogP contribution in [0.4, 0.5) is 5.69 Å². The number of amides is 1. The smallest absolute Gasteiger partial charge is 0.266 e. The molecule has 0 aliphatic rings. The van der Waals surface area contributed by atoms with E-state index in [1.807, 2.05) is 36.4 Å². The molecule has 0 aliphatic heterocycles. The molecule has 4 rings (SSSR count). The summed E-state index contributed by atoms with van der Waals surface area (Å²) in [5, 5.41) is 12.7. The van der Waals surface area contributed by atoms with Crippen LogP contribution in [-0.4, -0.2) is 21.2 Å². The Morgan fingerprint density at radius 2 is 1.90 bits per heavy atom. The molecule has 4 aromatic rings. The second kappa shape index (κ2) is 8.37. The van der Waals surface area contributed by atoms with Gasteiger partial charge >= 0.3 is 0 Å². The molecule has 0 atom stereocenters. The lowest BCUT2D eigenvalue weighted by Gasteiger charge is -2.06. The molecule has 0 saturated heterocycles. The maximum Gasteiger partial charge on any atom is 0.266 e. The summed E-state index contributed by atoms with van der Waals surface area (Å²) in [4.78, 5) is 29.2. The van der Waals surface area contributed by atoms with Crippen LogP contribution in [0, 0.1) is 11.3 Å². The first-order valence-corrected chi connectivity index (χ1v) is 9.34. The fourth-order valence-electron chi connectivity index (χ4n) is 3.17. The SMILES string of the molecule is N#Cc1ccc(C(=O)C[n+]2ccn(CC(=O)Nc3cccc4cccnc34)c2)cc1. The van der Waals surface area contributed by atoms with Gasteiger partial charge in [-0.3, -0.25) is 14.6 Å². The van der Waals surface area contributed by atoms with Crippen molar-refractivity contribution in [1.82, 2.24) is 9.55 Å². The molecule has 0 unspecified atom stereocenters. The van der Waals surface area contributed by atoms with Gasteiger partial charge in [0.05, 0.1) is 22.8 Å². The normalized spacial score (nSPS) is 10.5. The van der Waals surface area contributed by atoms with Crippen LogP contribution >= 0.6 is 0 Å². The van der Waals surface area contributed by atoms with E-state index in [-0.39, 0.29) is 24.8 Å². The summed E-state index contributed by atoms with van der Waals surface area (Å²) in [5.41, 5.74) is 2.45. The van der Waals surface area contributed by atoms with Gasteiger partial charge in [0, 0.05) is 17.1 Å². The van der Waals surface area contributed by atoms with E-state index >= 15 is 0 Å². The lowest BCUT2D eigenvalue weighted by atomic mass is 10.1. The van der Waals surface area contributed by atoms with E-state index in [1.165, 1.54) is 0 Å². The third kappa shape index (κ3) is 4.23. The Bertz CT molecular complexity index is 1260. The number of carbonyl (C=O) groups excluding carboxylic acids is 2. The average molecular weight is 396 g/mol. The third-order valence-electron chi connectivity index (χ3n) is 4.64. The second-order valence-corrected chi connectivity index (χ2v) is 6.80. The summed E-state index contributed by atoms with van der Waals surface area (Å²) in [5.74, 6) is -0.261. The number of Topliss-reactive ketones (excluding diaryl/α,β-unsaturated/α-hetero) is 1. The minimum atomic E-state index is -0.186. The number of hydrogen-bond donors (Lipinski definition) is 1. The number of nitriles is 1. The summed E-state index contributed by atoms with van der Waals surface area (Å²) in [6.45, 7) is 0.259. The Kier molecular flexibility index (Phi) is 5.31.